The monoisotopic (exact) mass is 666 g/mol. The standard InChI is InChI=1S/C38H40F2N6O3/c1-5-26-29(39)10-9-23-17-25(47)18-27(31(23)26)33-32(40)34-28(20-41-33)35(45-16-13-37(3,4)19-24(21-45)42-30(48)6-2)44-36(43-34)49-22-38-11-7-14-46(38)15-8-12-38/h1,6,9-10,17-18,20,24,47H,2,7-8,11-16,19,21-22H2,3-4H3,(H,42,48)/t24-/m0/s1. The molecular formula is C38H40F2N6O3. The maximum Gasteiger partial charge on any atom is 0.319 e. The number of terminal acetylenes is 1. The van der Waals surface area contributed by atoms with E-state index in [-0.39, 0.29) is 62.4 Å². The van der Waals surface area contributed by atoms with Crippen LogP contribution in [0.25, 0.3) is 32.9 Å². The number of phenolic OH excluding ortho intramolecular Hbond substituents is 1. The molecule has 1 amide bonds. The Morgan fingerprint density at radius 1 is 1.18 bits per heavy atom. The zero-order chi connectivity index (χ0) is 34.5. The zero-order valence-corrected chi connectivity index (χ0v) is 27.9. The van der Waals surface area contributed by atoms with Crippen LogP contribution in [0.5, 0.6) is 11.8 Å². The van der Waals surface area contributed by atoms with Crippen LogP contribution in [-0.2, 0) is 4.79 Å². The van der Waals surface area contributed by atoms with Crippen LogP contribution in [0.4, 0.5) is 14.6 Å². The third-order valence-electron chi connectivity index (χ3n) is 10.5. The number of benzene rings is 2. The van der Waals surface area contributed by atoms with Gasteiger partial charge < -0.3 is 20.1 Å². The van der Waals surface area contributed by atoms with E-state index in [9.17, 15) is 14.3 Å². The van der Waals surface area contributed by atoms with Crippen LogP contribution in [-0.4, -0.2) is 75.2 Å². The number of aromatic nitrogens is 3. The fourth-order valence-electron chi connectivity index (χ4n) is 8.11. The van der Waals surface area contributed by atoms with Gasteiger partial charge >= 0.3 is 6.01 Å². The molecule has 0 aliphatic carbocycles. The minimum absolute atomic E-state index is 0.0254. The van der Waals surface area contributed by atoms with Gasteiger partial charge in [-0.2, -0.15) is 9.97 Å². The summed E-state index contributed by atoms with van der Waals surface area (Å²) in [6.45, 7) is 11.4. The van der Waals surface area contributed by atoms with Crippen molar-refractivity contribution in [3.05, 3.63) is 60.3 Å². The van der Waals surface area contributed by atoms with Gasteiger partial charge in [-0.3, -0.25) is 14.7 Å². The van der Waals surface area contributed by atoms with Crippen molar-refractivity contribution in [1.29, 1.82) is 0 Å². The summed E-state index contributed by atoms with van der Waals surface area (Å²) in [6, 6.07) is 5.29. The van der Waals surface area contributed by atoms with Gasteiger partial charge in [0, 0.05) is 36.3 Å². The second-order valence-corrected chi connectivity index (χ2v) is 14.4. The normalized spacial score (nSPS) is 20.1. The summed E-state index contributed by atoms with van der Waals surface area (Å²) in [7, 11) is 0. The molecule has 49 heavy (non-hydrogen) atoms. The lowest BCUT2D eigenvalue weighted by molar-refractivity contribution is -0.117. The minimum Gasteiger partial charge on any atom is -0.508 e. The molecule has 9 nitrogen and oxygen atoms in total. The summed E-state index contributed by atoms with van der Waals surface area (Å²) >= 11 is 0. The molecule has 0 saturated carbocycles. The van der Waals surface area contributed by atoms with Gasteiger partial charge in [0.15, 0.2) is 5.82 Å². The lowest BCUT2D eigenvalue weighted by Gasteiger charge is -2.31. The van der Waals surface area contributed by atoms with Gasteiger partial charge in [0.05, 0.1) is 16.5 Å². The second-order valence-electron chi connectivity index (χ2n) is 14.4. The Kier molecular flexibility index (Phi) is 8.39. The highest BCUT2D eigenvalue weighted by Crippen LogP contribution is 2.41. The smallest absolute Gasteiger partial charge is 0.319 e. The van der Waals surface area contributed by atoms with Gasteiger partial charge in [-0.25, -0.2) is 8.78 Å². The fraction of sp³-hybridized carbons (Fsp3) is 0.421. The molecule has 3 saturated heterocycles. The van der Waals surface area contributed by atoms with Crippen molar-refractivity contribution in [3.8, 4) is 35.4 Å². The summed E-state index contributed by atoms with van der Waals surface area (Å²) in [5, 5.41) is 14.7. The number of rotatable bonds is 7. The Labute approximate surface area is 284 Å². The first-order chi connectivity index (χ1) is 23.5. The highest BCUT2D eigenvalue weighted by atomic mass is 19.1. The molecule has 4 aromatic rings. The van der Waals surface area contributed by atoms with Gasteiger partial charge in [-0.05, 0) is 86.7 Å². The molecular weight excluding hydrogens is 626 g/mol. The molecule has 0 spiro atoms. The van der Waals surface area contributed by atoms with E-state index in [1.54, 1.807) is 0 Å². The van der Waals surface area contributed by atoms with Crippen LogP contribution in [0.3, 0.4) is 0 Å². The van der Waals surface area contributed by atoms with Crippen LogP contribution >= 0.6 is 0 Å². The number of anilines is 1. The van der Waals surface area contributed by atoms with Gasteiger partial charge in [0.2, 0.25) is 5.91 Å². The van der Waals surface area contributed by atoms with E-state index >= 15 is 4.39 Å². The number of halogens is 2. The molecule has 7 rings (SSSR count). The molecule has 3 aliphatic rings. The Bertz CT molecular complexity index is 2020. The summed E-state index contributed by atoms with van der Waals surface area (Å²) in [4.78, 5) is 30.9. The average Bonchev–Trinajstić information content (AvgIpc) is 3.61. The lowest BCUT2D eigenvalue weighted by Crippen LogP contribution is -2.44. The molecule has 5 heterocycles. The highest BCUT2D eigenvalue weighted by molar-refractivity contribution is 6.03. The van der Waals surface area contributed by atoms with Crippen molar-refractivity contribution in [2.24, 2.45) is 5.41 Å². The highest BCUT2D eigenvalue weighted by Gasteiger charge is 2.45. The number of hydrogen-bond donors (Lipinski definition) is 2. The first kappa shape index (κ1) is 32.7. The van der Waals surface area contributed by atoms with Crippen molar-refractivity contribution in [3.63, 3.8) is 0 Å². The molecule has 3 fully saturated rings. The second kappa shape index (κ2) is 12.6. The largest absolute Gasteiger partial charge is 0.508 e. The SMILES string of the molecule is C#Cc1c(F)ccc2cc(O)cc(-c3ncc4c(N5CCC(C)(C)C[C@H](NC(=O)C=C)C5)nc(OCC56CCCN5CCC6)nc4c3F)c12. The number of nitrogens with zero attached hydrogens (tertiary/aromatic N) is 5. The maximum absolute atomic E-state index is 17.0. The molecule has 0 bridgehead atoms. The van der Waals surface area contributed by atoms with Gasteiger partial charge in [0.1, 0.15) is 35.2 Å². The van der Waals surface area contributed by atoms with E-state index in [1.807, 2.05) is 4.90 Å². The van der Waals surface area contributed by atoms with Crippen LogP contribution in [0.1, 0.15) is 57.9 Å². The lowest BCUT2D eigenvalue weighted by atomic mass is 9.84. The van der Waals surface area contributed by atoms with Gasteiger partial charge in [0.25, 0.3) is 0 Å². The van der Waals surface area contributed by atoms with Gasteiger partial charge in [-0.15, -0.1) is 6.42 Å². The number of carbonyl (C=O) groups excluding carboxylic acids is 1. The predicted molar refractivity (Wildman–Crippen MR) is 185 cm³/mol. The van der Waals surface area contributed by atoms with Crippen LogP contribution in [0.2, 0.25) is 0 Å². The maximum atomic E-state index is 17.0. The first-order valence-corrected chi connectivity index (χ1v) is 16.8. The topological polar surface area (TPSA) is 104 Å². The molecule has 254 valence electrons. The van der Waals surface area contributed by atoms with Crippen molar-refractivity contribution < 1.29 is 23.4 Å². The molecule has 2 aromatic carbocycles. The predicted octanol–water partition coefficient (Wildman–Crippen LogP) is 6.11. The summed E-state index contributed by atoms with van der Waals surface area (Å²) in [5.74, 6) is 0.984. The van der Waals surface area contributed by atoms with E-state index in [4.69, 9.17) is 16.1 Å². The number of hydrogen-bond acceptors (Lipinski definition) is 8. The number of phenols is 1. The third kappa shape index (κ3) is 6.03. The molecule has 1 atom stereocenters. The minimum atomic E-state index is -0.779. The number of nitrogens with one attached hydrogen (secondary N) is 1. The van der Waals surface area contributed by atoms with Crippen LogP contribution < -0.4 is 15.0 Å². The molecule has 2 aromatic heterocycles. The quantitative estimate of drug-likeness (QED) is 0.180. The van der Waals surface area contributed by atoms with Crippen molar-refractivity contribution in [2.45, 2.75) is 64.0 Å². The molecule has 2 N–H and O–H groups in total. The number of fused-ring (bicyclic) bond motifs is 3. The van der Waals surface area contributed by atoms with E-state index in [1.165, 1.54) is 36.5 Å². The fourth-order valence-corrected chi connectivity index (χ4v) is 8.11. The average molecular weight is 667 g/mol. The molecule has 0 unspecified atom stereocenters. The number of pyridine rings is 1. The van der Waals surface area contributed by atoms with Crippen molar-refractivity contribution >= 4 is 33.4 Å². The Balaban J connectivity index is 1.38. The van der Waals surface area contributed by atoms with Gasteiger partial charge in [-0.1, -0.05) is 32.4 Å². The van der Waals surface area contributed by atoms with Crippen molar-refractivity contribution in [2.75, 3.05) is 37.7 Å². The summed E-state index contributed by atoms with van der Waals surface area (Å²) < 4.78 is 38.3. The van der Waals surface area contributed by atoms with E-state index in [2.05, 4.69) is 46.5 Å². The Hall–Kier alpha value is -4.82. The Morgan fingerprint density at radius 3 is 2.69 bits per heavy atom. The summed E-state index contributed by atoms with van der Waals surface area (Å²) in [5.41, 5.74) is -0.278. The number of aromatic hydroxyl groups is 1. The molecule has 11 heteroatoms. The Morgan fingerprint density at radius 2 is 1.96 bits per heavy atom. The number of ether oxygens (including phenoxy) is 1. The van der Waals surface area contributed by atoms with Crippen molar-refractivity contribution in [1.82, 2.24) is 25.2 Å². The molecule has 3 aliphatic heterocycles. The number of amides is 1. The van der Waals surface area contributed by atoms with Crippen LogP contribution in [0, 0.1) is 29.4 Å². The number of carbonyl (C=O) groups is 1. The molecule has 0 radical (unpaired) electrons. The van der Waals surface area contributed by atoms with E-state index < -0.39 is 11.6 Å². The van der Waals surface area contributed by atoms with E-state index in [0.29, 0.717) is 36.3 Å². The zero-order valence-electron chi connectivity index (χ0n) is 27.9. The van der Waals surface area contributed by atoms with Crippen LogP contribution in [0.15, 0.2) is 43.1 Å². The third-order valence-corrected chi connectivity index (χ3v) is 10.5. The first-order valence-electron chi connectivity index (χ1n) is 16.8. The summed E-state index contributed by atoms with van der Waals surface area (Å²) in [6.07, 6.45) is 14.2. The van der Waals surface area contributed by atoms with E-state index in [0.717, 1.165) is 51.6 Å².